The summed E-state index contributed by atoms with van der Waals surface area (Å²) < 4.78 is 2.52. The van der Waals surface area contributed by atoms with E-state index in [4.69, 9.17) is 12.2 Å². The lowest BCUT2D eigenvalue weighted by atomic mass is 9.96. The summed E-state index contributed by atoms with van der Waals surface area (Å²) in [5.74, 6) is 0. The molecule has 1 saturated carbocycles. The first-order valence-electron chi connectivity index (χ1n) is 10.7. The van der Waals surface area contributed by atoms with Crippen molar-refractivity contribution in [3.05, 3.63) is 82.4 Å². The fourth-order valence-electron chi connectivity index (χ4n) is 5.04. The minimum absolute atomic E-state index is 0.00710. The van der Waals surface area contributed by atoms with Gasteiger partial charge in [0.05, 0.1) is 17.8 Å². The zero-order chi connectivity index (χ0) is 21.0. The van der Waals surface area contributed by atoms with Crippen LogP contribution in [0.4, 0.5) is 5.69 Å². The predicted octanol–water partition coefficient (Wildman–Crippen LogP) is 5.63. The lowest BCUT2D eigenvalue weighted by Gasteiger charge is -2.29. The molecule has 1 aromatic carbocycles. The second kappa shape index (κ2) is 7.24. The SMILES string of the molecule is Cc1cc(C)cc(N2C(=S)N[C@H](c3ccccn3)[C@@H]2c2cc(C)n(C3CC3)c2C)c1. The highest BCUT2D eigenvalue weighted by atomic mass is 32.1. The van der Waals surface area contributed by atoms with E-state index >= 15 is 0 Å². The summed E-state index contributed by atoms with van der Waals surface area (Å²) in [4.78, 5) is 6.98. The Balaban J connectivity index is 1.68. The molecule has 1 aliphatic heterocycles. The van der Waals surface area contributed by atoms with Crippen molar-refractivity contribution in [2.45, 2.75) is 58.7 Å². The smallest absolute Gasteiger partial charge is 0.174 e. The number of thiocarbonyl (C=S) groups is 1. The highest BCUT2D eigenvalue weighted by molar-refractivity contribution is 7.80. The Labute approximate surface area is 183 Å². The van der Waals surface area contributed by atoms with Crippen molar-refractivity contribution >= 4 is 23.0 Å². The molecule has 0 bridgehead atoms. The molecule has 0 unspecified atom stereocenters. The molecule has 4 nitrogen and oxygen atoms in total. The maximum atomic E-state index is 5.89. The highest BCUT2D eigenvalue weighted by Gasteiger charge is 2.43. The van der Waals surface area contributed by atoms with Gasteiger partial charge in [0.2, 0.25) is 0 Å². The number of aromatic nitrogens is 2. The Morgan fingerprint density at radius 2 is 1.73 bits per heavy atom. The number of anilines is 1. The largest absolute Gasteiger partial charge is 0.351 e. The van der Waals surface area contributed by atoms with Gasteiger partial charge in [-0.1, -0.05) is 12.1 Å². The lowest BCUT2D eigenvalue weighted by Crippen LogP contribution is -2.29. The molecule has 1 saturated heterocycles. The van der Waals surface area contributed by atoms with Crippen molar-refractivity contribution in [3.8, 4) is 0 Å². The Kier molecular flexibility index (Phi) is 4.66. The zero-order valence-electron chi connectivity index (χ0n) is 18.0. The zero-order valence-corrected chi connectivity index (χ0v) is 18.8. The monoisotopic (exact) mass is 416 g/mol. The number of nitrogens with zero attached hydrogens (tertiary/aromatic N) is 3. The number of rotatable bonds is 4. The van der Waals surface area contributed by atoms with Crippen LogP contribution in [0.25, 0.3) is 0 Å². The summed E-state index contributed by atoms with van der Waals surface area (Å²) in [6.07, 6.45) is 4.42. The summed E-state index contributed by atoms with van der Waals surface area (Å²) in [7, 11) is 0. The van der Waals surface area contributed by atoms with Gasteiger partial charge in [-0.15, -0.1) is 0 Å². The van der Waals surface area contributed by atoms with Gasteiger partial charge < -0.3 is 14.8 Å². The Hall–Kier alpha value is -2.66. The van der Waals surface area contributed by atoms with E-state index in [9.17, 15) is 0 Å². The van der Waals surface area contributed by atoms with E-state index in [1.54, 1.807) is 0 Å². The van der Waals surface area contributed by atoms with Gasteiger partial charge in [-0.3, -0.25) is 4.98 Å². The summed E-state index contributed by atoms with van der Waals surface area (Å²) in [6, 6.07) is 15.9. The fourth-order valence-corrected chi connectivity index (χ4v) is 5.38. The second-order valence-corrected chi connectivity index (χ2v) is 9.16. The van der Waals surface area contributed by atoms with Crippen LogP contribution in [-0.2, 0) is 0 Å². The van der Waals surface area contributed by atoms with Gasteiger partial charge in [0.1, 0.15) is 0 Å². The minimum atomic E-state index is 0.00710. The molecule has 3 heterocycles. The second-order valence-electron chi connectivity index (χ2n) is 8.77. The Bertz CT molecular complexity index is 1090. The van der Waals surface area contributed by atoms with E-state index in [0.29, 0.717) is 6.04 Å². The molecule has 2 fully saturated rings. The van der Waals surface area contributed by atoms with Crippen LogP contribution < -0.4 is 10.2 Å². The molecular weight excluding hydrogens is 388 g/mol. The number of benzene rings is 1. The van der Waals surface area contributed by atoms with Gasteiger partial charge in [-0.2, -0.15) is 0 Å². The van der Waals surface area contributed by atoms with Gasteiger partial charge in [0.25, 0.3) is 0 Å². The Morgan fingerprint density at radius 1 is 1.00 bits per heavy atom. The molecule has 0 radical (unpaired) electrons. The first-order valence-corrected chi connectivity index (χ1v) is 11.1. The third-order valence-corrected chi connectivity index (χ3v) is 6.65. The molecule has 2 aromatic heterocycles. The summed E-state index contributed by atoms with van der Waals surface area (Å²) in [5, 5.41) is 4.35. The number of hydrogen-bond acceptors (Lipinski definition) is 2. The molecule has 1 aliphatic carbocycles. The van der Waals surface area contributed by atoms with E-state index in [0.717, 1.165) is 16.5 Å². The molecule has 5 heteroatoms. The standard InChI is InChI=1S/C25H28N4S/c1-15-11-16(2)13-20(12-15)29-24(21-14-17(3)28(18(21)4)19-8-9-19)23(27-25(29)30)22-7-5-6-10-26-22/h5-7,10-14,19,23-24H,8-9H2,1-4H3,(H,27,30)/t23-,24+/m1/s1. The number of nitrogens with one attached hydrogen (secondary N) is 1. The van der Waals surface area contributed by atoms with Crippen molar-refractivity contribution in [3.63, 3.8) is 0 Å². The summed E-state index contributed by atoms with van der Waals surface area (Å²) in [5.41, 5.74) is 8.68. The third-order valence-electron chi connectivity index (χ3n) is 6.34. The van der Waals surface area contributed by atoms with E-state index in [1.807, 2.05) is 12.3 Å². The van der Waals surface area contributed by atoms with Crippen LogP contribution in [0.5, 0.6) is 0 Å². The summed E-state index contributed by atoms with van der Waals surface area (Å²) in [6.45, 7) is 8.78. The highest BCUT2D eigenvalue weighted by Crippen LogP contribution is 2.46. The van der Waals surface area contributed by atoms with Crippen LogP contribution in [0.15, 0.2) is 48.7 Å². The van der Waals surface area contributed by atoms with Gasteiger partial charge >= 0.3 is 0 Å². The van der Waals surface area contributed by atoms with Gasteiger partial charge in [0.15, 0.2) is 5.11 Å². The molecular formula is C25H28N4S. The maximum absolute atomic E-state index is 5.89. The molecule has 154 valence electrons. The normalized spacial score (nSPS) is 21.2. The molecule has 0 amide bonds. The van der Waals surface area contributed by atoms with Crippen LogP contribution in [0, 0.1) is 27.7 Å². The maximum Gasteiger partial charge on any atom is 0.174 e. The van der Waals surface area contributed by atoms with Crippen molar-refractivity contribution in [1.82, 2.24) is 14.9 Å². The number of hydrogen-bond donors (Lipinski definition) is 1. The fraction of sp³-hybridized carbons (Fsp3) is 0.360. The molecule has 30 heavy (non-hydrogen) atoms. The summed E-state index contributed by atoms with van der Waals surface area (Å²) >= 11 is 5.89. The van der Waals surface area contributed by atoms with E-state index in [2.05, 4.69) is 83.9 Å². The predicted molar refractivity (Wildman–Crippen MR) is 126 cm³/mol. The Morgan fingerprint density at radius 3 is 2.37 bits per heavy atom. The van der Waals surface area contributed by atoms with Crippen LogP contribution in [0.3, 0.4) is 0 Å². The van der Waals surface area contributed by atoms with Crippen LogP contribution in [-0.4, -0.2) is 14.7 Å². The number of aryl methyl sites for hydroxylation is 3. The van der Waals surface area contributed by atoms with Crippen LogP contribution in [0.2, 0.25) is 0 Å². The first-order chi connectivity index (χ1) is 14.4. The van der Waals surface area contributed by atoms with Crippen LogP contribution >= 0.6 is 12.2 Å². The molecule has 1 N–H and O–H groups in total. The van der Waals surface area contributed by atoms with Crippen molar-refractivity contribution in [1.29, 1.82) is 0 Å². The molecule has 3 aromatic rings. The van der Waals surface area contributed by atoms with E-state index in [1.165, 1.54) is 40.9 Å². The molecule has 0 spiro atoms. The van der Waals surface area contributed by atoms with Crippen molar-refractivity contribution < 1.29 is 0 Å². The third kappa shape index (κ3) is 3.21. The van der Waals surface area contributed by atoms with Crippen molar-refractivity contribution in [2.24, 2.45) is 0 Å². The lowest BCUT2D eigenvalue weighted by molar-refractivity contribution is 0.562. The number of pyridine rings is 1. The van der Waals surface area contributed by atoms with Gasteiger partial charge in [-0.25, -0.2) is 0 Å². The molecule has 5 rings (SSSR count). The average molecular weight is 417 g/mol. The van der Waals surface area contributed by atoms with Crippen molar-refractivity contribution in [2.75, 3.05) is 4.90 Å². The topological polar surface area (TPSA) is 33.1 Å². The molecule has 2 aliphatic rings. The molecule has 2 atom stereocenters. The minimum Gasteiger partial charge on any atom is -0.351 e. The van der Waals surface area contributed by atoms with Gasteiger partial charge in [0, 0.05) is 29.3 Å². The van der Waals surface area contributed by atoms with E-state index in [-0.39, 0.29) is 12.1 Å². The van der Waals surface area contributed by atoms with Crippen LogP contribution in [0.1, 0.15) is 64.7 Å². The van der Waals surface area contributed by atoms with Gasteiger partial charge in [-0.05, 0) is 99.8 Å². The first kappa shape index (κ1) is 19.3. The van der Waals surface area contributed by atoms with E-state index < -0.39 is 0 Å². The average Bonchev–Trinajstić information content (AvgIpc) is 3.41. The quantitative estimate of drug-likeness (QED) is 0.559.